The maximum Gasteiger partial charge on any atom is 0.220 e. The van der Waals surface area contributed by atoms with E-state index in [1.54, 1.807) is 7.11 Å². The van der Waals surface area contributed by atoms with Gasteiger partial charge in [0.1, 0.15) is 11.4 Å². The number of carbonyl (C=O) groups is 1. The molecule has 2 aromatic carbocycles. The van der Waals surface area contributed by atoms with E-state index in [1.165, 1.54) is 0 Å². The summed E-state index contributed by atoms with van der Waals surface area (Å²) < 4.78 is 7.43. The van der Waals surface area contributed by atoms with Crippen LogP contribution in [0.25, 0.3) is 28.0 Å². The van der Waals surface area contributed by atoms with E-state index in [-0.39, 0.29) is 11.9 Å². The molecular weight excluding hydrogens is 446 g/mol. The molecule has 0 spiro atoms. The van der Waals surface area contributed by atoms with E-state index >= 15 is 0 Å². The highest BCUT2D eigenvalue weighted by molar-refractivity contribution is 6.30. The molecule has 2 heterocycles. The normalized spacial score (nSPS) is 12.0. The molecule has 1 unspecified atom stereocenters. The van der Waals surface area contributed by atoms with Gasteiger partial charge in [0.25, 0.3) is 0 Å². The second kappa shape index (κ2) is 10.3. The van der Waals surface area contributed by atoms with Gasteiger partial charge in [-0.25, -0.2) is 4.98 Å². The number of fused-ring (bicyclic) bond motifs is 1. The Labute approximate surface area is 205 Å². The van der Waals surface area contributed by atoms with Crippen molar-refractivity contribution >= 4 is 23.2 Å². The number of halogens is 1. The van der Waals surface area contributed by atoms with Gasteiger partial charge in [-0.2, -0.15) is 0 Å². The monoisotopic (exact) mass is 475 g/mol. The van der Waals surface area contributed by atoms with E-state index in [0.717, 1.165) is 56.5 Å². The van der Waals surface area contributed by atoms with Crippen molar-refractivity contribution in [1.82, 2.24) is 14.7 Å². The molecule has 1 N–H and O–H groups in total. The molecule has 4 rings (SSSR count). The third-order valence-corrected chi connectivity index (χ3v) is 6.42. The van der Waals surface area contributed by atoms with Crippen LogP contribution in [0, 0.1) is 6.92 Å². The number of pyridine rings is 1. The largest absolute Gasteiger partial charge is 0.497 e. The molecule has 0 aliphatic rings. The summed E-state index contributed by atoms with van der Waals surface area (Å²) in [6, 6.07) is 18.1. The van der Waals surface area contributed by atoms with Crippen molar-refractivity contribution in [3.63, 3.8) is 0 Å². The van der Waals surface area contributed by atoms with E-state index < -0.39 is 0 Å². The summed E-state index contributed by atoms with van der Waals surface area (Å²) >= 11 is 6.17. The molecular formula is C28H30ClN3O2. The number of nitrogens with zero attached hydrogens (tertiary/aromatic N) is 2. The lowest BCUT2D eigenvalue weighted by Gasteiger charge is -2.12. The molecule has 0 saturated carbocycles. The number of hydrogen-bond donors (Lipinski definition) is 1. The van der Waals surface area contributed by atoms with E-state index in [4.69, 9.17) is 21.3 Å². The highest BCUT2D eigenvalue weighted by Gasteiger charge is 2.17. The number of carbonyl (C=O) groups excluding carboxylic acids is 1. The first kappa shape index (κ1) is 23.8. The predicted molar refractivity (Wildman–Crippen MR) is 139 cm³/mol. The lowest BCUT2D eigenvalue weighted by Crippen LogP contribution is -2.32. The van der Waals surface area contributed by atoms with Crippen LogP contribution in [-0.2, 0) is 11.2 Å². The molecule has 0 radical (unpaired) electrons. The zero-order chi connectivity index (χ0) is 24.2. The SMILES string of the molecule is CCC(C)NC(=O)CCc1c(-c2ccc(OC)cc2)nc2ccc(-c3ccc(Cl)cc3C)cn12. The second-order valence-corrected chi connectivity index (χ2v) is 9.05. The standard InChI is InChI=1S/C28H30ClN3O2/c1-5-19(3)30-27(33)15-13-25-28(20-6-10-23(34-4)11-7-20)31-26-14-8-21(17-32(25)26)24-12-9-22(29)16-18(24)2/h6-12,14,16-17,19H,5,13,15H2,1-4H3,(H,30,33). The van der Waals surface area contributed by atoms with Gasteiger partial charge in [-0.05, 0) is 91.9 Å². The Balaban J connectivity index is 1.78. The average Bonchev–Trinajstić information content (AvgIpc) is 3.20. The minimum absolute atomic E-state index is 0.0506. The third-order valence-electron chi connectivity index (χ3n) is 6.19. The van der Waals surface area contributed by atoms with Gasteiger partial charge < -0.3 is 14.5 Å². The quantitative estimate of drug-likeness (QED) is 0.317. The van der Waals surface area contributed by atoms with Crippen molar-refractivity contribution in [3.8, 4) is 28.1 Å². The zero-order valence-corrected chi connectivity index (χ0v) is 20.8. The van der Waals surface area contributed by atoms with Crippen LogP contribution in [0.1, 0.15) is 37.9 Å². The Morgan fingerprint density at radius 1 is 1.12 bits per heavy atom. The zero-order valence-electron chi connectivity index (χ0n) is 20.1. The van der Waals surface area contributed by atoms with Gasteiger partial charge in [0.2, 0.25) is 5.91 Å². The number of aryl methyl sites for hydroxylation is 2. The second-order valence-electron chi connectivity index (χ2n) is 8.62. The summed E-state index contributed by atoms with van der Waals surface area (Å²) in [5.41, 5.74) is 7.02. The molecule has 176 valence electrons. The van der Waals surface area contributed by atoms with Crippen LogP contribution < -0.4 is 10.1 Å². The molecule has 0 fully saturated rings. The number of aromatic nitrogens is 2. The fourth-order valence-electron chi connectivity index (χ4n) is 4.10. The maximum absolute atomic E-state index is 12.6. The minimum atomic E-state index is 0.0506. The Kier molecular flexibility index (Phi) is 7.23. The average molecular weight is 476 g/mol. The first-order valence-electron chi connectivity index (χ1n) is 11.6. The third kappa shape index (κ3) is 5.10. The first-order chi connectivity index (χ1) is 16.4. The van der Waals surface area contributed by atoms with Crippen molar-refractivity contribution in [2.24, 2.45) is 0 Å². The number of benzene rings is 2. The Morgan fingerprint density at radius 2 is 1.85 bits per heavy atom. The first-order valence-corrected chi connectivity index (χ1v) is 12.0. The Hall–Kier alpha value is -3.31. The molecule has 2 aromatic heterocycles. The van der Waals surface area contributed by atoms with Gasteiger partial charge in [0.15, 0.2) is 0 Å². The van der Waals surface area contributed by atoms with Gasteiger partial charge >= 0.3 is 0 Å². The highest BCUT2D eigenvalue weighted by Crippen LogP contribution is 2.31. The van der Waals surface area contributed by atoms with E-state index in [1.807, 2.05) is 55.5 Å². The topological polar surface area (TPSA) is 55.6 Å². The van der Waals surface area contributed by atoms with Crippen molar-refractivity contribution in [2.75, 3.05) is 7.11 Å². The van der Waals surface area contributed by atoms with Crippen molar-refractivity contribution in [2.45, 2.75) is 46.1 Å². The number of amides is 1. The predicted octanol–water partition coefficient (Wildman–Crippen LogP) is 6.49. The van der Waals surface area contributed by atoms with E-state index in [0.29, 0.717) is 12.8 Å². The lowest BCUT2D eigenvalue weighted by molar-refractivity contribution is -0.121. The van der Waals surface area contributed by atoms with Crippen LogP contribution >= 0.6 is 11.6 Å². The molecule has 0 aliphatic heterocycles. The lowest BCUT2D eigenvalue weighted by atomic mass is 10.0. The van der Waals surface area contributed by atoms with Crippen LogP contribution in [0.3, 0.4) is 0 Å². The van der Waals surface area contributed by atoms with Crippen LogP contribution in [0.4, 0.5) is 0 Å². The number of rotatable bonds is 8. The molecule has 0 bridgehead atoms. The van der Waals surface area contributed by atoms with Crippen LogP contribution in [0.5, 0.6) is 5.75 Å². The molecule has 0 saturated heterocycles. The summed E-state index contributed by atoms with van der Waals surface area (Å²) in [4.78, 5) is 17.5. The number of ether oxygens (including phenoxy) is 1. The van der Waals surface area contributed by atoms with Crippen molar-refractivity contribution < 1.29 is 9.53 Å². The van der Waals surface area contributed by atoms with Gasteiger partial charge in [-0.15, -0.1) is 0 Å². The molecule has 0 aliphatic carbocycles. The Morgan fingerprint density at radius 3 is 2.53 bits per heavy atom. The van der Waals surface area contributed by atoms with Gasteiger partial charge in [0, 0.05) is 29.2 Å². The summed E-state index contributed by atoms with van der Waals surface area (Å²) in [6.07, 6.45) is 3.98. The van der Waals surface area contributed by atoms with Gasteiger partial charge in [-0.1, -0.05) is 24.6 Å². The number of nitrogens with one attached hydrogen (secondary N) is 1. The van der Waals surface area contributed by atoms with Crippen molar-refractivity contribution in [3.05, 3.63) is 77.1 Å². The van der Waals surface area contributed by atoms with E-state index in [2.05, 4.69) is 35.8 Å². The van der Waals surface area contributed by atoms with E-state index in [9.17, 15) is 4.79 Å². The summed E-state index contributed by atoms with van der Waals surface area (Å²) in [5.74, 6) is 0.845. The fraction of sp³-hybridized carbons (Fsp3) is 0.286. The fourth-order valence-corrected chi connectivity index (χ4v) is 4.33. The summed E-state index contributed by atoms with van der Waals surface area (Å²) in [5, 5.41) is 3.79. The van der Waals surface area contributed by atoms with Crippen LogP contribution in [0.15, 0.2) is 60.8 Å². The number of hydrogen-bond acceptors (Lipinski definition) is 3. The number of methoxy groups -OCH3 is 1. The number of imidazole rings is 1. The minimum Gasteiger partial charge on any atom is -0.497 e. The van der Waals surface area contributed by atoms with Gasteiger partial charge in [-0.3, -0.25) is 4.79 Å². The van der Waals surface area contributed by atoms with Crippen LogP contribution in [-0.4, -0.2) is 28.4 Å². The summed E-state index contributed by atoms with van der Waals surface area (Å²) in [7, 11) is 1.65. The molecule has 1 amide bonds. The molecule has 5 nitrogen and oxygen atoms in total. The Bertz CT molecular complexity index is 1310. The van der Waals surface area contributed by atoms with Crippen LogP contribution in [0.2, 0.25) is 5.02 Å². The molecule has 4 aromatic rings. The summed E-state index contributed by atoms with van der Waals surface area (Å²) in [6.45, 7) is 6.15. The highest BCUT2D eigenvalue weighted by atomic mass is 35.5. The van der Waals surface area contributed by atoms with Crippen molar-refractivity contribution in [1.29, 1.82) is 0 Å². The molecule has 6 heteroatoms. The van der Waals surface area contributed by atoms with Gasteiger partial charge in [0.05, 0.1) is 18.5 Å². The smallest absolute Gasteiger partial charge is 0.220 e. The molecule has 34 heavy (non-hydrogen) atoms. The maximum atomic E-state index is 12.6. The molecule has 1 atom stereocenters.